The Morgan fingerprint density at radius 3 is 2.24 bits per heavy atom. The van der Waals surface area contributed by atoms with Gasteiger partial charge < -0.3 is 25.7 Å². The van der Waals surface area contributed by atoms with E-state index in [1.54, 1.807) is 24.3 Å². The standard InChI is InChI=1S/C23H33N3O4.C2HF3O2/c27-21(9-8-17-10-12-24-13-11-17)26-14-4-7-19(16-26)22(28)25-15-20(23(29)30)18-5-2-1-3-6-18;3-2(4,5)1(6)7/h1-3,5-6,17,19-20,24H,4,7-16H2,(H,25,28)(H,29,30);(H,6,7)/t19?,20-;/m1./s1. The fourth-order valence-corrected chi connectivity index (χ4v) is 4.45. The summed E-state index contributed by atoms with van der Waals surface area (Å²) in [6, 6.07) is 8.94. The Bertz CT molecular complexity index is 907. The van der Waals surface area contributed by atoms with Crippen molar-refractivity contribution in [2.45, 2.75) is 50.6 Å². The summed E-state index contributed by atoms with van der Waals surface area (Å²) in [5.41, 5.74) is 0.670. The number of carboxylic acids is 2. The monoisotopic (exact) mass is 529 g/mol. The zero-order valence-corrected chi connectivity index (χ0v) is 20.5. The van der Waals surface area contributed by atoms with Gasteiger partial charge in [0.15, 0.2) is 0 Å². The van der Waals surface area contributed by atoms with Gasteiger partial charge in [0.05, 0.1) is 11.8 Å². The summed E-state index contributed by atoms with van der Waals surface area (Å²) >= 11 is 0. The SMILES string of the molecule is O=C(NC[C@@H](C(=O)O)c1ccccc1)C1CCCN(C(=O)CCC2CCNCC2)C1.O=C(O)C(F)(F)F. The van der Waals surface area contributed by atoms with Crippen molar-refractivity contribution in [2.24, 2.45) is 11.8 Å². The maximum Gasteiger partial charge on any atom is 0.490 e. The van der Waals surface area contributed by atoms with Crippen molar-refractivity contribution in [2.75, 3.05) is 32.7 Å². The van der Waals surface area contributed by atoms with Gasteiger partial charge in [-0.15, -0.1) is 0 Å². The van der Waals surface area contributed by atoms with Crippen molar-refractivity contribution in [1.82, 2.24) is 15.5 Å². The average Bonchev–Trinajstić information content (AvgIpc) is 2.88. The van der Waals surface area contributed by atoms with Crippen LogP contribution in [-0.2, 0) is 19.2 Å². The van der Waals surface area contributed by atoms with Gasteiger partial charge in [0.1, 0.15) is 0 Å². The molecule has 0 saturated carbocycles. The van der Waals surface area contributed by atoms with Gasteiger partial charge in [0, 0.05) is 26.1 Å². The van der Waals surface area contributed by atoms with Crippen LogP contribution in [0.4, 0.5) is 13.2 Å². The minimum Gasteiger partial charge on any atom is -0.481 e. The van der Waals surface area contributed by atoms with Crippen LogP contribution in [0.3, 0.4) is 0 Å². The van der Waals surface area contributed by atoms with Crippen molar-refractivity contribution < 1.29 is 42.6 Å². The highest BCUT2D eigenvalue weighted by Crippen LogP contribution is 2.22. The Kier molecular flexibility index (Phi) is 11.8. The second kappa shape index (κ2) is 14.6. The van der Waals surface area contributed by atoms with Gasteiger partial charge in [-0.25, -0.2) is 4.79 Å². The molecular weight excluding hydrogens is 495 g/mol. The molecule has 2 atom stereocenters. The number of nitrogens with zero attached hydrogens (tertiary/aromatic N) is 1. The molecule has 0 bridgehead atoms. The third kappa shape index (κ3) is 10.4. The van der Waals surface area contributed by atoms with E-state index < -0.39 is 24.0 Å². The van der Waals surface area contributed by atoms with E-state index in [2.05, 4.69) is 10.6 Å². The lowest BCUT2D eigenvalue weighted by atomic mass is 9.92. The molecule has 2 saturated heterocycles. The van der Waals surface area contributed by atoms with E-state index in [0.717, 1.165) is 45.2 Å². The second-order valence-corrected chi connectivity index (χ2v) is 9.26. The van der Waals surface area contributed by atoms with Gasteiger partial charge in [-0.2, -0.15) is 13.2 Å². The van der Waals surface area contributed by atoms with Gasteiger partial charge in [0.2, 0.25) is 11.8 Å². The molecule has 2 heterocycles. The Balaban J connectivity index is 0.000000604. The summed E-state index contributed by atoms with van der Waals surface area (Å²) in [4.78, 5) is 47.7. The quantitative estimate of drug-likeness (QED) is 0.407. The van der Waals surface area contributed by atoms with Gasteiger partial charge in [0.25, 0.3) is 0 Å². The van der Waals surface area contributed by atoms with E-state index in [9.17, 15) is 32.7 Å². The molecule has 4 N–H and O–H groups in total. The predicted molar refractivity (Wildman–Crippen MR) is 128 cm³/mol. The van der Waals surface area contributed by atoms with Crippen molar-refractivity contribution in [3.63, 3.8) is 0 Å². The van der Waals surface area contributed by atoms with Gasteiger partial charge in [-0.05, 0) is 56.7 Å². The van der Waals surface area contributed by atoms with Crippen molar-refractivity contribution in [3.05, 3.63) is 35.9 Å². The zero-order chi connectivity index (χ0) is 27.4. The number of likely N-dealkylation sites (tertiary alicyclic amines) is 1. The molecule has 0 radical (unpaired) electrons. The second-order valence-electron chi connectivity index (χ2n) is 9.26. The molecule has 9 nitrogen and oxygen atoms in total. The summed E-state index contributed by atoms with van der Waals surface area (Å²) in [5, 5.41) is 22.8. The van der Waals surface area contributed by atoms with Crippen LogP contribution in [-0.4, -0.2) is 77.8 Å². The first-order valence-electron chi connectivity index (χ1n) is 12.3. The van der Waals surface area contributed by atoms with E-state index in [4.69, 9.17) is 9.90 Å². The van der Waals surface area contributed by atoms with Crippen molar-refractivity contribution >= 4 is 23.8 Å². The van der Waals surface area contributed by atoms with Gasteiger partial charge in [-0.1, -0.05) is 30.3 Å². The smallest absolute Gasteiger partial charge is 0.481 e. The number of aliphatic carboxylic acids is 2. The van der Waals surface area contributed by atoms with Gasteiger partial charge in [-0.3, -0.25) is 14.4 Å². The molecule has 3 rings (SSSR count). The van der Waals surface area contributed by atoms with Crippen molar-refractivity contribution in [1.29, 1.82) is 0 Å². The summed E-state index contributed by atoms with van der Waals surface area (Å²) < 4.78 is 31.7. The summed E-state index contributed by atoms with van der Waals surface area (Å²) in [6.07, 6.45) is 0.180. The number of rotatable bonds is 8. The minimum atomic E-state index is -5.08. The highest BCUT2D eigenvalue weighted by molar-refractivity contribution is 5.83. The first-order valence-corrected chi connectivity index (χ1v) is 12.3. The van der Waals surface area contributed by atoms with E-state index in [1.165, 1.54) is 0 Å². The first kappa shape index (κ1) is 30.1. The zero-order valence-electron chi connectivity index (χ0n) is 20.5. The number of hydrogen-bond donors (Lipinski definition) is 4. The van der Waals surface area contributed by atoms with Crippen LogP contribution < -0.4 is 10.6 Å². The minimum absolute atomic E-state index is 0.0539. The number of carbonyl (C=O) groups is 4. The van der Waals surface area contributed by atoms with E-state index >= 15 is 0 Å². The molecule has 1 unspecified atom stereocenters. The Morgan fingerprint density at radius 2 is 1.68 bits per heavy atom. The molecule has 0 spiro atoms. The third-order valence-electron chi connectivity index (χ3n) is 6.59. The number of nitrogens with one attached hydrogen (secondary N) is 2. The van der Waals surface area contributed by atoms with Crippen LogP contribution in [0.1, 0.15) is 50.0 Å². The Morgan fingerprint density at radius 1 is 1.05 bits per heavy atom. The largest absolute Gasteiger partial charge is 0.490 e. The number of benzene rings is 1. The lowest BCUT2D eigenvalue weighted by molar-refractivity contribution is -0.192. The summed E-state index contributed by atoms with van der Waals surface area (Å²) in [7, 11) is 0. The molecule has 2 amide bonds. The number of piperidine rings is 2. The molecule has 0 aliphatic carbocycles. The topological polar surface area (TPSA) is 136 Å². The average molecular weight is 530 g/mol. The molecule has 2 aliphatic rings. The molecule has 0 aromatic heterocycles. The predicted octanol–water partition coefficient (Wildman–Crippen LogP) is 2.62. The van der Waals surface area contributed by atoms with Crippen LogP contribution in [0.15, 0.2) is 30.3 Å². The third-order valence-corrected chi connectivity index (χ3v) is 6.59. The Hall–Kier alpha value is -3.15. The van der Waals surface area contributed by atoms with E-state index in [-0.39, 0.29) is 24.3 Å². The van der Waals surface area contributed by atoms with Crippen molar-refractivity contribution in [3.8, 4) is 0 Å². The fourth-order valence-electron chi connectivity index (χ4n) is 4.45. The van der Waals surface area contributed by atoms with E-state index in [1.807, 2.05) is 11.0 Å². The molecule has 1 aromatic rings. The fraction of sp³-hybridized carbons (Fsp3) is 0.600. The lowest BCUT2D eigenvalue weighted by Gasteiger charge is -2.33. The number of hydrogen-bond acceptors (Lipinski definition) is 5. The maximum absolute atomic E-state index is 12.7. The highest BCUT2D eigenvalue weighted by Gasteiger charge is 2.38. The van der Waals surface area contributed by atoms with Crippen LogP contribution in [0, 0.1) is 11.8 Å². The first-order chi connectivity index (χ1) is 17.5. The number of carboxylic acid groups (broad SMARTS) is 2. The maximum atomic E-state index is 12.7. The number of alkyl halides is 3. The van der Waals surface area contributed by atoms with E-state index in [0.29, 0.717) is 31.0 Å². The van der Waals surface area contributed by atoms with Crippen LogP contribution in [0.2, 0.25) is 0 Å². The molecular formula is C25H34F3N3O6. The molecule has 37 heavy (non-hydrogen) atoms. The molecule has 2 fully saturated rings. The molecule has 12 heteroatoms. The van der Waals surface area contributed by atoms with Crippen LogP contribution in [0.25, 0.3) is 0 Å². The lowest BCUT2D eigenvalue weighted by Crippen LogP contribution is -2.46. The number of halogens is 3. The van der Waals surface area contributed by atoms with Gasteiger partial charge >= 0.3 is 18.1 Å². The summed E-state index contributed by atoms with van der Waals surface area (Å²) in [6.45, 7) is 3.26. The summed E-state index contributed by atoms with van der Waals surface area (Å²) in [5.74, 6) is -4.17. The number of carbonyl (C=O) groups excluding carboxylic acids is 2. The number of amides is 2. The Labute approximate surface area is 213 Å². The molecule has 2 aliphatic heterocycles. The highest BCUT2D eigenvalue weighted by atomic mass is 19.4. The molecule has 1 aromatic carbocycles. The normalized spacial score (nSPS) is 19.2. The van der Waals surface area contributed by atoms with Crippen LogP contribution in [0.5, 0.6) is 0 Å². The molecule has 206 valence electrons. The van der Waals surface area contributed by atoms with Crippen LogP contribution >= 0.6 is 0 Å².